The van der Waals surface area contributed by atoms with Gasteiger partial charge in [0.25, 0.3) is 0 Å². The minimum absolute atomic E-state index is 0.0565. The molecule has 1 aromatic rings. The van der Waals surface area contributed by atoms with Crippen LogP contribution in [0.5, 0.6) is 0 Å². The molecule has 1 fully saturated rings. The molecule has 1 heterocycles. The van der Waals surface area contributed by atoms with Crippen LogP contribution in [-0.4, -0.2) is 19.0 Å². The second kappa shape index (κ2) is 5.72. The van der Waals surface area contributed by atoms with E-state index in [1.54, 1.807) is 0 Å². The molecule has 0 spiro atoms. The maximum Gasteiger partial charge on any atom is 0.225 e. The summed E-state index contributed by atoms with van der Waals surface area (Å²) in [5.74, 6) is 0.568. The highest BCUT2D eigenvalue weighted by atomic mass is 35.5. The highest BCUT2D eigenvalue weighted by Crippen LogP contribution is 2.23. The number of nitrogens with one attached hydrogen (secondary N) is 2. The maximum absolute atomic E-state index is 12.2. The van der Waals surface area contributed by atoms with E-state index < -0.39 is 0 Å². The third-order valence-corrected chi connectivity index (χ3v) is 3.93. The minimum Gasteiger partial charge on any atom is -0.349 e. The van der Waals surface area contributed by atoms with E-state index in [-0.39, 0.29) is 17.9 Å². The van der Waals surface area contributed by atoms with Crippen LogP contribution in [0.4, 0.5) is 0 Å². The van der Waals surface area contributed by atoms with Crippen LogP contribution in [0.15, 0.2) is 24.3 Å². The molecule has 2 rings (SSSR count). The number of benzene rings is 1. The molecule has 1 aliphatic rings. The zero-order valence-corrected chi connectivity index (χ0v) is 11.5. The lowest BCUT2D eigenvalue weighted by atomic mass is 9.96. The Labute approximate surface area is 113 Å². The van der Waals surface area contributed by atoms with Crippen molar-refractivity contribution in [2.24, 2.45) is 11.8 Å². The minimum atomic E-state index is -0.0565. The van der Waals surface area contributed by atoms with Gasteiger partial charge in [-0.2, -0.15) is 0 Å². The molecule has 0 saturated carbocycles. The molecular formula is C14H19ClN2O. The average Bonchev–Trinajstić information content (AvgIpc) is 2.76. The van der Waals surface area contributed by atoms with Gasteiger partial charge >= 0.3 is 0 Å². The van der Waals surface area contributed by atoms with Crippen molar-refractivity contribution < 1.29 is 4.79 Å². The van der Waals surface area contributed by atoms with Crippen LogP contribution in [0.3, 0.4) is 0 Å². The molecule has 1 amide bonds. The first-order chi connectivity index (χ1) is 8.59. The highest BCUT2D eigenvalue weighted by Gasteiger charge is 2.30. The van der Waals surface area contributed by atoms with E-state index in [9.17, 15) is 4.79 Å². The normalized spacial score (nSPS) is 24.8. The average molecular weight is 267 g/mol. The number of hydrogen-bond donors (Lipinski definition) is 2. The molecule has 4 heteroatoms. The van der Waals surface area contributed by atoms with Crippen LogP contribution in [0.1, 0.15) is 25.5 Å². The Balaban J connectivity index is 2.01. The molecule has 1 unspecified atom stereocenters. The summed E-state index contributed by atoms with van der Waals surface area (Å²) in [6, 6.07) is 7.56. The fourth-order valence-electron chi connectivity index (χ4n) is 2.39. The number of halogens is 1. The molecule has 3 atom stereocenters. The molecule has 0 aromatic heterocycles. The van der Waals surface area contributed by atoms with E-state index in [2.05, 4.69) is 17.6 Å². The van der Waals surface area contributed by atoms with Crippen molar-refractivity contribution in [3.05, 3.63) is 34.9 Å². The van der Waals surface area contributed by atoms with Gasteiger partial charge in [-0.25, -0.2) is 0 Å². The van der Waals surface area contributed by atoms with E-state index >= 15 is 0 Å². The smallest absolute Gasteiger partial charge is 0.225 e. The van der Waals surface area contributed by atoms with Gasteiger partial charge in [0.05, 0.1) is 12.0 Å². The second-order valence-corrected chi connectivity index (χ2v) is 5.40. The molecule has 18 heavy (non-hydrogen) atoms. The summed E-state index contributed by atoms with van der Waals surface area (Å²) in [6.45, 7) is 5.75. The first-order valence-corrected chi connectivity index (χ1v) is 6.73. The van der Waals surface area contributed by atoms with Gasteiger partial charge in [0.15, 0.2) is 0 Å². The fourth-order valence-corrected chi connectivity index (χ4v) is 2.68. The monoisotopic (exact) mass is 266 g/mol. The predicted octanol–water partition coefficient (Wildman–Crippen LogP) is 2.37. The van der Waals surface area contributed by atoms with Gasteiger partial charge in [-0.05, 0) is 31.0 Å². The van der Waals surface area contributed by atoms with Crippen molar-refractivity contribution in [1.82, 2.24) is 10.6 Å². The first-order valence-electron chi connectivity index (χ1n) is 6.35. The van der Waals surface area contributed by atoms with Gasteiger partial charge < -0.3 is 10.6 Å². The summed E-state index contributed by atoms with van der Waals surface area (Å²) in [6.07, 6.45) is 0. The van der Waals surface area contributed by atoms with Crippen LogP contribution in [0, 0.1) is 11.8 Å². The molecule has 0 bridgehead atoms. The van der Waals surface area contributed by atoms with Crippen molar-refractivity contribution in [2.45, 2.75) is 19.9 Å². The van der Waals surface area contributed by atoms with Crippen molar-refractivity contribution in [3.63, 3.8) is 0 Å². The third-order valence-electron chi connectivity index (χ3n) is 3.58. The van der Waals surface area contributed by atoms with Crippen LogP contribution >= 0.6 is 11.6 Å². The van der Waals surface area contributed by atoms with Crippen molar-refractivity contribution in [2.75, 3.05) is 13.1 Å². The molecule has 2 N–H and O–H groups in total. The topological polar surface area (TPSA) is 41.1 Å². The molecule has 0 radical (unpaired) electrons. The van der Waals surface area contributed by atoms with Crippen LogP contribution in [0.2, 0.25) is 5.02 Å². The summed E-state index contributed by atoms with van der Waals surface area (Å²) in [4.78, 5) is 12.2. The van der Waals surface area contributed by atoms with Crippen molar-refractivity contribution in [1.29, 1.82) is 0 Å². The molecular weight excluding hydrogens is 248 g/mol. The Morgan fingerprint density at radius 1 is 1.44 bits per heavy atom. The lowest BCUT2D eigenvalue weighted by Crippen LogP contribution is -2.36. The Kier molecular flexibility index (Phi) is 4.25. The summed E-state index contributed by atoms with van der Waals surface area (Å²) in [5, 5.41) is 6.98. The molecule has 1 aliphatic heterocycles. The molecule has 0 aliphatic carbocycles. The van der Waals surface area contributed by atoms with Gasteiger partial charge in [0, 0.05) is 11.6 Å². The Bertz CT molecular complexity index is 436. The quantitative estimate of drug-likeness (QED) is 0.882. The van der Waals surface area contributed by atoms with E-state index in [1.807, 2.05) is 31.2 Å². The van der Waals surface area contributed by atoms with Gasteiger partial charge in [-0.15, -0.1) is 0 Å². The lowest BCUT2D eigenvalue weighted by Gasteiger charge is -2.20. The zero-order chi connectivity index (χ0) is 13.1. The van der Waals surface area contributed by atoms with Crippen LogP contribution in [0.25, 0.3) is 0 Å². The zero-order valence-electron chi connectivity index (χ0n) is 10.7. The van der Waals surface area contributed by atoms with Gasteiger partial charge in [-0.1, -0.05) is 36.7 Å². The van der Waals surface area contributed by atoms with Crippen molar-refractivity contribution >= 4 is 17.5 Å². The number of amides is 1. The first kappa shape index (κ1) is 13.4. The summed E-state index contributed by atoms with van der Waals surface area (Å²) < 4.78 is 0. The largest absolute Gasteiger partial charge is 0.349 e. The Morgan fingerprint density at radius 2 is 2.17 bits per heavy atom. The highest BCUT2D eigenvalue weighted by molar-refractivity contribution is 6.31. The second-order valence-electron chi connectivity index (χ2n) is 4.99. The van der Waals surface area contributed by atoms with E-state index in [0.29, 0.717) is 10.9 Å². The summed E-state index contributed by atoms with van der Waals surface area (Å²) in [5.41, 5.74) is 0.964. The SMILES string of the molecule is CC(NC(=O)[C@@H]1CNC[C@H]1C)c1ccccc1Cl. The number of carbonyl (C=O) groups is 1. The van der Waals surface area contributed by atoms with Gasteiger partial charge in [-0.3, -0.25) is 4.79 Å². The van der Waals surface area contributed by atoms with Crippen molar-refractivity contribution in [3.8, 4) is 0 Å². The van der Waals surface area contributed by atoms with Gasteiger partial charge in [0.1, 0.15) is 0 Å². The Hall–Kier alpha value is -1.06. The Morgan fingerprint density at radius 3 is 2.78 bits per heavy atom. The van der Waals surface area contributed by atoms with Gasteiger partial charge in [0.2, 0.25) is 5.91 Å². The molecule has 1 saturated heterocycles. The number of rotatable bonds is 3. The number of carbonyl (C=O) groups excluding carboxylic acids is 1. The maximum atomic E-state index is 12.2. The van der Waals surface area contributed by atoms with Crippen LogP contribution < -0.4 is 10.6 Å². The van der Waals surface area contributed by atoms with Crippen LogP contribution in [-0.2, 0) is 4.79 Å². The predicted molar refractivity (Wildman–Crippen MR) is 73.5 cm³/mol. The lowest BCUT2D eigenvalue weighted by molar-refractivity contribution is -0.126. The standard InChI is InChI=1S/C14H19ClN2O/c1-9-7-16-8-12(9)14(18)17-10(2)11-5-3-4-6-13(11)15/h3-6,9-10,12,16H,7-8H2,1-2H3,(H,17,18)/t9-,10?,12-/m1/s1. The fraction of sp³-hybridized carbons (Fsp3) is 0.500. The van der Waals surface area contributed by atoms with E-state index in [1.165, 1.54) is 0 Å². The number of hydrogen-bond acceptors (Lipinski definition) is 2. The van der Waals surface area contributed by atoms with E-state index in [0.717, 1.165) is 18.7 Å². The third kappa shape index (κ3) is 2.85. The summed E-state index contributed by atoms with van der Waals surface area (Å²) >= 11 is 6.13. The van der Waals surface area contributed by atoms with E-state index in [4.69, 9.17) is 11.6 Å². The molecule has 98 valence electrons. The molecule has 1 aromatic carbocycles. The summed E-state index contributed by atoms with van der Waals surface area (Å²) in [7, 11) is 0. The molecule has 3 nitrogen and oxygen atoms in total.